The number of ether oxygens (including phenoxy) is 1. The summed E-state index contributed by atoms with van der Waals surface area (Å²) in [6.07, 6.45) is 0. The smallest absolute Gasteiger partial charge is 0.132 e. The molecule has 0 N–H and O–H groups in total. The Morgan fingerprint density at radius 2 is 0.712 bits per heavy atom. The normalized spacial score (nSPS) is 14.8. The van der Waals surface area contributed by atoms with Crippen LogP contribution in [0.3, 0.4) is 0 Å². The number of nitrogens with zero attached hydrogens (tertiary/aromatic N) is 1. The van der Waals surface area contributed by atoms with E-state index in [9.17, 15) is 0 Å². The number of para-hydroxylation sites is 3. The van der Waals surface area contributed by atoms with Crippen molar-refractivity contribution in [2.24, 2.45) is 0 Å². The Labute approximate surface area is 348 Å². The van der Waals surface area contributed by atoms with Gasteiger partial charge in [-0.15, -0.1) is 0 Å². The van der Waals surface area contributed by atoms with E-state index in [1.807, 2.05) is 11.8 Å². The lowest BCUT2D eigenvalue weighted by molar-refractivity contribution is 0.436. The van der Waals surface area contributed by atoms with Gasteiger partial charge in [-0.3, -0.25) is 0 Å². The van der Waals surface area contributed by atoms with Crippen LogP contribution in [-0.2, 0) is 10.8 Å². The number of hydrogen-bond donors (Lipinski definition) is 0. The minimum Gasteiger partial charge on any atom is -0.457 e. The van der Waals surface area contributed by atoms with Crippen LogP contribution in [0.5, 0.6) is 11.5 Å². The van der Waals surface area contributed by atoms with Crippen LogP contribution in [0.25, 0.3) is 22.3 Å². The van der Waals surface area contributed by atoms with E-state index >= 15 is 0 Å². The summed E-state index contributed by atoms with van der Waals surface area (Å²) in [5.41, 5.74) is 17.6. The highest BCUT2D eigenvalue weighted by molar-refractivity contribution is 7.99. The van der Waals surface area contributed by atoms with Crippen molar-refractivity contribution >= 4 is 28.8 Å². The topological polar surface area (TPSA) is 12.5 Å². The number of fused-ring (bicyclic) bond motifs is 18. The van der Waals surface area contributed by atoms with E-state index in [0.29, 0.717) is 0 Å². The summed E-state index contributed by atoms with van der Waals surface area (Å²) in [6, 6.07) is 78.4. The molecule has 2 spiro atoms. The quantitative estimate of drug-likeness (QED) is 0.178. The third-order valence-electron chi connectivity index (χ3n) is 13.2. The van der Waals surface area contributed by atoms with Gasteiger partial charge in [0.05, 0.1) is 22.2 Å². The fourth-order valence-electron chi connectivity index (χ4n) is 11.1. The maximum absolute atomic E-state index is 6.69. The molecule has 0 unspecified atom stereocenters. The number of benzene rings is 9. The number of anilines is 3. The molecule has 2 aliphatic heterocycles. The van der Waals surface area contributed by atoms with E-state index < -0.39 is 10.8 Å². The highest BCUT2D eigenvalue weighted by Crippen LogP contribution is 2.67. The summed E-state index contributed by atoms with van der Waals surface area (Å²) in [4.78, 5) is 5.15. The van der Waals surface area contributed by atoms with Crippen LogP contribution < -0.4 is 9.64 Å². The van der Waals surface area contributed by atoms with Crippen molar-refractivity contribution < 1.29 is 4.74 Å². The third kappa shape index (κ3) is 4.17. The van der Waals surface area contributed by atoms with Crippen molar-refractivity contribution in [1.29, 1.82) is 0 Å². The zero-order chi connectivity index (χ0) is 38.7. The lowest BCUT2D eigenvalue weighted by atomic mass is 9.66. The number of rotatable bonds is 3. The molecule has 2 aliphatic carbocycles. The SMILES string of the molecule is c1ccc(N(c2cccc3c2-c2ccccc2C32c3ccccc3Oc3ccccc32)c2cccc3c2-c2ccccc2C32c3ccccc3Sc3ccccc32)cc1. The molecule has 0 atom stereocenters. The molecule has 3 heteroatoms. The van der Waals surface area contributed by atoms with Gasteiger partial charge >= 0.3 is 0 Å². The second-order valence-corrected chi connectivity index (χ2v) is 16.9. The van der Waals surface area contributed by atoms with Crippen molar-refractivity contribution in [3.05, 3.63) is 257 Å². The van der Waals surface area contributed by atoms with Crippen molar-refractivity contribution in [1.82, 2.24) is 0 Å². The standard InChI is InChI=1S/C56H35NOS/c1-2-18-36(19-3-1)57(47-30-16-28-45-53(47)37-20-4-6-22-39(37)55(45)41-24-8-12-32-49(41)58-50-33-13-9-25-42(50)55)48-31-17-29-46-54(48)38-21-5-7-23-40(38)56(46)43-26-10-14-34-51(43)59-52-35-15-11-27-44(52)56/h1-35H. The molecule has 0 aromatic heterocycles. The largest absolute Gasteiger partial charge is 0.457 e. The van der Waals surface area contributed by atoms with Crippen LogP contribution in [-0.4, -0.2) is 0 Å². The lowest BCUT2D eigenvalue weighted by Gasteiger charge is -2.40. The van der Waals surface area contributed by atoms with Crippen LogP contribution >= 0.6 is 11.8 Å². The average Bonchev–Trinajstić information content (AvgIpc) is 3.76. The first-order valence-electron chi connectivity index (χ1n) is 20.4. The van der Waals surface area contributed by atoms with Crippen LogP contribution in [0.4, 0.5) is 17.1 Å². The molecule has 59 heavy (non-hydrogen) atoms. The molecular formula is C56H35NOS. The van der Waals surface area contributed by atoms with E-state index in [2.05, 4.69) is 217 Å². The molecule has 276 valence electrons. The van der Waals surface area contributed by atoms with Crippen LogP contribution in [0.2, 0.25) is 0 Å². The minimum absolute atomic E-state index is 0.479. The fourth-order valence-corrected chi connectivity index (χ4v) is 12.3. The Hall–Kier alpha value is -7.07. The van der Waals surface area contributed by atoms with Gasteiger partial charge in [-0.2, -0.15) is 0 Å². The first-order chi connectivity index (χ1) is 29.3. The average molecular weight is 770 g/mol. The van der Waals surface area contributed by atoms with E-state index in [-0.39, 0.29) is 0 Å². The summed E-state index contributed by atoms with van der Waals surface area (Å²) >= 11 is 1.89. The Morgan fingerprint density at radius 1 is 0.322 bits per heavy atom. The molecular weight excluding hydrogens is 735 g/mol. The third-order valence-corrected chi connectivity index (χ3v) is 14.3. The van der Waals surface area contributed by atoms with Crippen molar-refractivity contribution in [3.8, 4) is 33.8 Å². The maximum Gasteiger partial charge on any atom is 0.132 e. The highest BCUT2D eigenvalue weighted by atomic mass is 32.2. The van der Waals surface area contributed by atoms with Crippen molar-refractivity contribution in [2.75, 3.05) is 4.90 Å². The summed E-state index contributed by atoms with van der Waals surface area (Å²) in [7, 11) is 0. The van der Waals surface area contributed by atoms with Gasteiger partial charge in [-0.1, -0.05) is 176 Å². The lowest BCUT2D eigenvalue weighted by Crippen LogP contribution is -2.32. The van der Waals surface area contributed by atoms with E-state index in [1.165, 1.54) is 65.4 Å². The molecule has 2 heterocycles. The van der Waals surface area contributed by atoms with Gasteiger partial charge in [-0.05, 0) is 93.0 Å². The molecule has 0 fully saturated rings. The van der Waals surface area contributed by atoms with Crippen LogP contribution in [0.1, 0.15) is 44.5 Å². The monoisotopic (exact) mass is 769 g/mol. The Balaban J connectivity index is 1.14. The summed E-state index contributed by atoms with van der Waals surface area (Å²) in [5.74, 6) is 1.79. The summed E-state index contributed by atoms with van der Waals surface area (Å²) < 4.78 is 6.69. The van der Waals surface area contributed by atoms with E-state index in [4.69, 9.17) is 4.74 Å². The summed E-state index contributed by atoms with van der Waals surface area (Å²) in [5, 5.41) is 0. The van der Waals surface area contributed by atoms with Gasteiger partial charge in [0.2, 0.25) is 0 Å². The van der Waals surface area contributed by atoms with Gasteiger partial charge in [0.15, 0.2) is 0 Å². The van der Waals surface area contributed by atoms with Crippen LogP contribution in [0.15, 0.2) is 222 Å². The van der Waals surface area contributed by atoms with Gasteiger partial charge in [0.1, 0.15) is 11.5 Å². The molecule has 9 aromatic carbocycles. The molecule has 0 saturated carbocycles. The van der Waals surface area contributed by atoms with Crippen molar-refractivity contribution in [2.45, 2.75) is 20.6 Å². The van der Waals surface area contributed by atoms with Crippen molar-refractivity contribution in [3.63, 3.8) is 0 Å². The molecule has 2 nitrogen and oxygen atoms in total. The zero-order valence-corrected chi connectivity index (χ0v) is 32.8. The molecule has 4 aliphatic rings. The first-order valence-corrected chi connectivity index (χ1v) is 21.2. The van der Waals surface area contributed by atoms with E-state index in [1.54, 1.807) is 0 Å². The molecule has 9 aromatic rings. The molecule has 13 rings (SSSR count). The Kier molecular flexibility index (Phi) is 6.83. The number of hydrogen-bond acceptors (Lipinski definition) is 3. The second-order valence-electron chi connectivity index (χ2n) is 15.9. The van der Waals surface area contributed by atoms with Crippen LogP contribution in [0, 0.1) is 0 Å². The highest BCUT2D eigenvalue weighted by Gasteiger charge is 2.53. The predicted molar refractivity (Wildman–Crippen MR) is 240 cm³/mol. The predicted octanol–water partition coefficient (Wildman–Crippen LogP) is 14.5. The van der Waals surface area contributed by atoms with Gasteiger partial charge in [0, 0.05) is 37.7 Å². The second kappa shape index (κ2) is 12.2. The first kappa shape index (κ1) is 33.0. The Bertz CT molecular complexity index is 2920. The van der Waals surface area contributed by atoms with E-state index in [0.717, 1.165) is 39.7 Å². The maximum atomic E-state index is 6.69. The minimum atomic E-state index is -0.571. The van der Waals surface area contributed by atoms with Gasteiger partial charge in [-0.25, -0.2) is 0 Å². The van der Waals surface area contributed by atoms with Gasteiger partial charge in [0.25, 0.3) is 0 Å². The fraction of sp³-hybridized carbons (Fsp3) is 0.0357. The molecule has 0 radical (unpaired) electrons. The molecule has 0 amide bonds. The summed E-state index contributed by atoms with van der Waals surface area (Å²) in [6.45, 7) is 0. The molecule has 0 bridgehead atoms. The Morgan fingerprint density at radius 3 is 1.24 bits per heavy atom. The molecule has 0 saturated heterocycles. The zero-order valence-electron chi connectivity index (χ0n) is 32.0. The van der Waals surface area contributed by atoms with Gasteiger partial charge < -0.3 is 9.64 Å².